The van der Waals surface area contributed by atoms with Gasteiger partial charge in [0.25, 0.3) is 0 Å². The number of halogens is 2. The number of rotatable bonds is 11. The van der Waals surface area contributed by atoms with E-state index < -0.39 is 33.8 Å². The minimum absolute atomic E-state index is 0.0571. The highest BCUT2D eigenvalue weighted by Gasteiger charge is 2.31. The Kier molecular flexibility index (Phi) is 9.08. The predicted octanol–water partition coefficient (Wildman–Crippen LogP) is 5.23. The van der Waals surface area contributed by atoms with E-state index >= 15 is 0 Å². The van der Waals surface area contributed by atoms with Crippen molar-refractivity contribution in [3.8, 4) is 0 Å². The first-order chi connectivity index (χ1) is 16.5. The van der Waals surface area contributed by atoms with Crippen molar-refractivity contribution in [2.45, 2.75) is 41.6 Å². The fourth-order valence-electron chi connectivity index (χ4n) is 3.58. The monoisotopic (exact) mass is 541 g/mol. The van der Waals surface area contributed by atoms with E-state index in [1.54, 1.807) is 12.1 Å². The molecule has 3 aromatic rings. The van der Waals surface area contributed by atoms with Gasteiger partial charge in [-0.15, -0.1) is 11.3 Å². The molecule has 0 saturated heterocycles. The molecule has 0 aliphatic carbocycles. The van der Waals surface area contributed by atoms with Gasteiger partial charge in [-0.3, -0.25) is 0 Å². The Morgan fingerprint density at radius 1 is 1.20 bits per heavy atom. The van der Waals surface area contributed by atoms with Gasteiger partial charge in [0.15, 0.2) is 4.34 Å². The molecule has 188 valence electrons. The lowest BCUT2D eigenvalue weighted by Crippen LogP contribution is -2.43. The second-order valence-corrected chi connectivity index (χ2v) is 12.4. The summed E-state index contributed by atoms with van der Waals surface area (Å²) in [4.78, 5) is 7.22. The summed E-state index contributed by atoms with van der Waals surface area (Å²) in [5.41, 5.74) is 9.85. The van der Waals surface area contributed by atoms with Crippen molar-refractivity contribution in [1.82, 2.24) is 9.29 Å². The number of benzene rings is 2. The summed E-state index contributed by atoms with van der Waals surface area (Å²) in [5.74, 6) is -1.68. The maximum Gasteiger partial charge on any atom is 0.243 e. The summed E-state index contributed by atoms with van der Waals surface area (Å²) in [6, 6.07) is 6.39. The van der Waals surface area contributed by atoms with Crippen LogP contribution in [0, 0.1) is 17.6 Å². The molecule has 2 atom stereocenters. The highest BCUT2D eigenvalue weighted by atomic mass is 32.2. The lowest BCUT2D eigenvalue weighted by Gasteiger charge is -2.28. The van der Waals surface area contributed by atoms with E-state index in [0.717, 1.165) is 25.5 Å². The summed E-state index contributed by atoms with van der Waals surface area (Å²) >= 11 is 2.85. The number of hydrogen-bond donors (Lipinski definition) is 1. The van der Waals surface area contributed by atoms with Crippen LogP contribution in [0.25, 0.3) is 20.7 Å². The molecule has 1 aromatic heterocycles. The Bertz CT molecular complexity index is 1320. The Morgan fingerprint density at radius 3 is 2.49 bits per heavy atom. The number of hydrogen-bond acceptors (Lipinski definition) is 7. The molecule has 0 fully saturated rings. The molecule has 1 N–H and O–H groups in total. The third kappa shape index (κ3) is 6.90. The summed E-state index contributed by atoms with van der Waals surface area (Å²) in [7, 11) is -4.02. The van der Waals surface area contributed by atoms with E-state index in [-0.39, 0.29) is 35.9 Å². The first kappa shape index (κ1) is 27.3. The van der Waals surface area contributed by atoms with Crippen molar-refractivity contribution in [3.63, 3.8) is 0 Å². The fraction of sp³-hybridized carbons (Fsp3) is 0.409. The molecule has 2 aromatic carbocycles. The van der Waals surface area contributed by atoms with Gasteiger partial charge in [0.2, 0.25) is 10.0 Å². The third-order valence-electron chi connectivity index (χ3n) is 5.12. The minimum Gasteiger partial charge on any atom is -0.391 e. The van der Waals surface area contributed by atoms with Gasteiger partial charge < -0.3 is 5.11 Å². The van der Waals surface area contributed by atoms with Crippen LogP contribution in [0.15, 0.2) is 50.7 Å². The van der Waals surface area contributed by atoms with Crippen LogP contribution < -0.4 is 0 Å². The van der Waals surface area contributed by atoms with Gasteiger partial charge in [0.05, 0.1) is 27.3 Å². The van der Waals surface area contributed by atoms with Crippen LogP contribution >= 0.6 is 23.1 Å². The van der Waals surface area contributed by atoms with Gasteiger partial charge in [-0.25, -0.2) is 22.2 Å². The number of aliphatic hydroxyl groups excluding tert-OH is 1. The SMILES string of the molecule is CSc1nc2ccc(S(=O)(=O)N(CC(C)C)C[C@@H](O)C(Cc3cc(F)cc(F)c3)N=[N+]=[N-])cc2s1. The van der Waals surface area contributed by atoms with Crippen molar-refractivity contribution in [1.29, 1.82) is 0 Å². The molecule has 0 aliphatic rings. The summed E-state index contributed by atoms with van der Waals surface area (Å²) in [6.07, 6.45) is 0.306. The Morgan fingerprint density at radius 2 is 1.89 bits per heavy atom. The van der Waals surface area contributed by atoms with Gasteiger partial charge in [-0.2, -0.15) is 4.31 Å². The number of aliphatic hydroxyl groups is 1. The maximum atomic E-state index is 13.6. The van der Waals surface area contributed by atoms with Gasteiger partial charge in [-0.1, -0.05) is 30.7 Å². The molecule has 35 heavy (non-hydrogen) atoms. The topological polar surface area (TPSA) is 119 Å². The number of azide groups is 1. The van der Waals surface area contributed by atoms with E-state index in [4.69, 9.17) is 5.53 Å². The zero-order valence-electron chi connectivity index (χ0n) is 19.3. The van der Waals surface area contributed by atoms with Gasteiger partial charge in [0.1, 0.15) is 11.6 Å². The van der Waals surface area contributed by atoms with Crippen molar-refractivity contribution < 1.29 is 22.3 Å². The first-order valence-electron chi connectivity index (χ1n) is 10.7. The molecule has 0 saturated carbocycles. The maximum absolute atomic E-state index is 13.6. The predicted molar refractivity (Wildman–Crippen MR) is 134 cm³/mol. The van der Waals surface area contributed by atoms with Crippen LogP contribution in [-0.2, 0) is 16.4 Å². The number of thioether (sulfide) groups is 1. The average Bonchev–Trinajstić information content (AvgIpc) is 3.20. The zero-order chi connectivity index (χ0) is 25.8. The van der Waals surface area contributed by atoms with Crippen LogP contribution in [0.3, 0.4) is 0 Å². The van der Waals surface area contributed by atoms with Crippen molar-refractivity contribution >= 4 is 43.3 Å². The first-order valence-corrected chi connectivity index (χ1v) is 14.1. The molecule has 8 nitrogen and oxygen atoms in total. The highest BCUT2D eigenvalue weighted by Crippen LogP contribution is 2.31. The Labute approximate surface area is 210 Å². The van der Waals surface area contributed by atoms with Crippen molar-refractivity contribution in [2.75, 3.05) is 19.3 Å². The van der Waals surface area contributed by atoms with Crippen LogP contribution in [-0.4, -0.2) is 54.3 Å². The highest BCUT2D eigenvalue weighted by molar-refractivity contribution is 8.00. The molecule has 13 heteroatoms. The molecular weight excluding hydrogens is 516 g/mol. The molecule has 0 radical (unpaired) electrons. The quantitative estimate of drug-likeness (QED) is 0.154. The molecule has 0 bridgehead atoms. The van der Waals surface area contributed by atoms with Crippen molar-refractivity contribution in [2.24, 2.45) is 11.0 Å². The number of fused-ring (bicyclic) bond motifs is 1. The minimum atomic E-state index is -4.02. The van der Waals surface area contributed by atoms with E-state index in [0.29, 0.717) is 11.6 Å². The number of aromatic nitrogens is 1. The van der Waals surface area contributed by atoms with Crippen LogP contribution in [0.2, 0.25) is 0 Å². The second kappa shape index (κ2) is 11.6. The third-order valence-corrected chi connectivity index (χ3v) is 8.95. The van der Waals surface area contributed by atoms with Crippen molar-refractivity contribution in [3.05, 3.63) is 64.0 Å². The van der Waals surface area contributed by atoms with Crippen LogP contribution in [0.1, 0.15) is 19.4 Å². The molecule has 3 rings (SSSR count). The van der Waals surface area contributed by atoms with Crippen LogP contribution in [0.4, 0.5) is 8.78 Å². The molecule has 1 heterocycles. The number of sulfonamides is 1. The second-order valence-electron chi connectivity index (χ2n) is 8.35. The van der Waals surface area contributed by atoms with E-state index in [1.165, 1.54) is 29.2 Å². The summed E-state index contributed by atoms with van der Waals surface area (Å²) < 4.78 is 57.0. The molecular formula is C22H25F2N5O3S3. The summed E-state index contributed by atoms with van der Waals surface area (Å²) in [6.45, 7) is 3.42. The zero-order valence-corrected chi connectivity index (χ0v) is 21.7. The Balaban J connectivity index is 1.90. The average molecular weight is 542 g/mol. The van der Waals surface area contributed by atoms with E-state index in [9.17, 15) is 22.3 Å². The van der Waals surface area contributed by atoms with Crippen LogP contribution in [0.5, 0.6) is 0 Å². The largest absolute Gasteiger partial charge is 0.391 e. The standard InChI is InChI=1S/C22H25F2N5O3S3/c1-13(2)11-29(35(31,32)17-4-5-18-21(10-17)34-22(26-18)33-3)12-20(30)19(27-28-25)8-14-6-15(23)9-16(24)7-14/h4-7,9-10,13,19-20,30H,8,11-12H2,1-3H3/t19?,20-/m1/s1. The molecule has 0 aliphatic heterocycles. The lowest BCUT2D eigenvalue weighted by atomic mass is 10.0. The lowest BCUT2D eigenvalue weighted by molar-refractivity contribution is 0.116. The summed E-state index contributed by atoms with van der Waals surface area (Å²) in [5, 5.41) is 14.4. The van der Waals surface area contributed by atoms with Gasteiger partial charge in [0, 0.05) is 24.1 Å². The number of nitrogens with zero attached hydrogens (tertiary/aromatic N) is 5. The fourth-order valence-corrected chi connectivity index (χ4v) is 6.83. The molecule has 1 unspecified atom stereocenters. The van der Waals surface area contributed by atoms with E-state index in [1.807, 2.05) is 20.1 Å². The normalized spacial score (nSPS) is 13.8. The number of thiazole rings is 1. The Hall–Kier alpha value is -2.28. The van der Waals surface area contributed by atoms with E-state index in [2.05, 4.69) is 15.0 Å². The van der Waals surface area contributed by atoms with Gasteiger partial charge >= 0.3 is 0 Å². The smallest absolute Gasteiger partial charge is 0.243 e. The molecule has 0 amide bonds. The molecule has 0 spiro atoms. The van der Waals surface area contributed by atoms with Gasteiger partial charge in [-0.05, 0) is 60.0 Å².